The van der Waals surface area contributed by atoms with E-state index in [1.165, 1.54) is 20.1 Å². The van der Waals surface area contributed by atoms with Crippen LogP contribution in [0.15, 0.2) is 18.2 Å². The zero-order chi connectivity index (χ0) is 11.4. The molecule has 0 spiro atoms. The summed E-state index contributed by atoms with van der Waals surface area (Å²) in [6, 6.07) is 3.35. The number of anilines is 1. The van der Waals surface area contributed by atoms with E-state index < -0.39 is 29.3 Å². The molecule has 3 nitrogen and oxygen atoms in total. The van der Waals surface area contributed by atoms with Crippen molar-refractivity contribution in [2.75, 3.05) is 12.4 Å². The Kier molecular flexibility index (Phi) is 3.74. The lowest BCUT2D eigenvalue weighted by Gasteiger charge is -2.11. The lowest BCUT2D eigenvalue weighted by atomic mass is 10.2. The Morgan fingerprint density at radius 3 is 2.40 bits per heavy atom. The van der Waals surface area contributed by atoms with Crippen LogP contribution in [0.25, 0.3) is 0 Å². The smallest absolute Gasteiger partial charge is 0.253 e. The quantitative estimate of drug-likeness (QED) is 0.836. The average molecular weight is 215 g/mol. The molecule has 0 fully saturated rings. The van der Waals surface area contributed by atoms with E-state index in [0.29, 0.717) is 0 Å². The first kappa shape index (κ1) is 11.6. The van der Waals surface area contributed by atoms with Crippen molar-refractivity contribution in [3.63, 3.8) is 0 Å². The van der Waals surface area contributed by atoms with Crippen LogP contribution in [0.2, 0.25) is 0 Å². The lowest BCUT2D eigenvalue weighted by Crippen LogP contribution is -2.27. The number of amides is 1. The molecule has 0 aromatic heterocycles. The van der Waals surface area contributed by atoms with Crippen LogP contribution in [-0.4, -0.2) is 19.1 Å². The number of para-hydroxylation sites is 1. The lowest BCUT2D eigenvalue weighted by molar-refractivity contribution is -0.124. The largest absolute Gasteiger partial charge is 0.372 e. The van der Waals surface area contributed by atoms with Gasteiger partial charge in [0.05, 0.1) is 0 Å². The average Bonchev–Trinajstić information content (AvgIpc) is 2.22. The second-order valence-electron chi connectivity index (χ2n) is 2.96. The molecule has 1 aromatic carbocycles. The predicted molar refractivity (Wildman–Crippen MR) is 51.5 cm³/mol. The van der Waals surface area contributed by atoms with Gasteiger partial charge < -0.3 is 10.1 Å². The van der Waals surface area contributed by atoms with Crippen molar-refractivity contribution in [1.82, 2.24) is 0 Å². The fourth-order valence-electron chi connectivity index (χ4n) is 0.949. The van der Waals surface area contributed by atoms with Crippen molar-refractivity contribution in [1.29, 1.82) is 0 Å². The Morgan fingerprint density at radius 2 is 1.93 bits per heavy atom. The van der Waals surface area contributed by atoms with Gasteiger partial charge in [-0.1, -0.05) is 6.07 Å². The molecule has 0 aliphatic rings. The van der Waals surface area contributed by atoms with Crippen LogP contribution in [0.4, 0.5) is 14.5 Å². The normalized spacial score (nSPS) is 12.3. The molecule has 5 heteroatoms. The van der Waals surface area contributed by atoms with Crippen LogP contribution in [0.5, 0.6) is 0 Å². The van der Waals surface area contributed by atoms with E-state index in [4.69, 9.17) is 4.74 Å². The van der Waals surface area contributed by atoms with Crippen LogP contribution >= 0.6 is 0 Å². The van der Waals surface area contributed by atoms with E-state index in [2.05, 4.69) is 5.32 Å². The van der Waals surface area contributed by atoms with E-state index >= 15 is 0 Å². The molecule has 0 bridgehead atoms. The first-order chi connectivity index (χ1) is 7.06. The number of benzene rings is 1. The van der Waals surface area contributed by atoms with Gasteiger partial charge in [0, 0.05) is 7.11 Å². The van der Waals surface area contributed by atoms with Crippen LogP contribution < -0.4 is 5.32 Å². The number of carbonyl (C=O) groups excluding carboxylic acids is 1. The molecule has 0 radical (unpaired) electrons. The standard InChI is InChI=1S/C10H11F2NO2/c1-6(15-2)10(14)13-9-7(11)4-3-5-8(9)12/h3-6H,1-2H3,(H,13,14). The fraction of sp³-hybridized carbons (Fsp3) is 0.300. The highest BCUT2D eigenvalue weighted by atomic mass is 19.1. The number of ether oxygens (including phenoxy) is 1. The second-order valence-corrected chi connectivity index (χ2v) is 2.96. The first-order valence-corrected chi connectivity index (χ1v) is 4.34. The Bertz CT molecular complexity index is 348. The van der Waals surface area contributed by atoms with Crippen molar-refractivity contribution in [3.05, 3.63) is 29.8 Å². The van der Waals surface area contributed by atoms with Gasteiger partial charge in [-0.15, -0.1) is 0 Å². The summed E-state index contributed by atoms with van der Waals surface area (Å²) in [5.41, 5.74) is -0.452. The number of hydrogen-bond acceptors (Lipinski definition) is 2. The van der Waals surface area contributed by atoms with Crippen LogP contribution in [0, 0.1) is 11.6 Å². The van der Waals surface area contributed by atoms with Gasteiger partial charge >= 0.3 is 0 Å². The van der Waals surface area contributed by atoms with Crippen molar-refractivity contribution in [2.24, 2.45) is 0 Å². The molecule has 1 atom stereocenters. The molecule has 0 saturated carbocycles. The number of nitrogens with one attached hydrogen (secondary N) is 1. The molecule has 0 aliphatic heterocycles. The summed E-state index contributed by atoms with van der Waals surface area (Å²) in [6.07, 6.45) is -0.760. The third-order valence-electron chi connectivity index (χ3n) is 1.93. The van der Waals surface area contributed by atoms with Gasteiger partial charge in [-0.05, 0) is 19.1 Å². The number of hydrogen-bond donors (Lipinski definition) is 1. The molecule has 1 N–H and O–H groups in total. The second kappa shape index (κ2) is 4.84. The van der Waals surface area contributed by atoms with Gasteiger partial charge in [0.15, 0.2) is 0 Å². The molecule has 1 rings (SSSR count). The zero-order valence-electron chi connectivity index (χ0n) is 8.38. The SMILES string of the molecule is COC(C)C(=O)Nc1c(F)cccc1F. The van der Waals surface area contributed by atoms with Crippen molar-refractivity contribution >= 4 is 11.6 Å². The number of halogens is 2. The molecular formula is C10H11F2NO2. The van der Waals surface area contributed by atoms with Gasteiger partial charge in [0.1, 0.15) is 23.4 Å². The summed E-state index contributed by atoms with van der Waals surface area (Å²) >= 11 is 0. The highest BCUT2D eigenvalue weighted by molar-refractivity contribution is 5.94. The van der Waals surface area contributed by atoms with Crippen LogP contribution in [0.3, 0.4) is 0 Å². The monoisotopic (exact) mass is 215 g/mol. The topological polar surface area (TPSA) is 38.3 Å². The summed E-state index contributed by atoms with van der Waals surface area (Å²) in [6.45, 7) is 1.48. The molecule has 0 aliphatic carbocycles. The van der Waals surface area contributed by atoms with Gasteiger partial charge in [0.25, 0.3) is 5.91 Å². The summed E-state index contributed by atoms with van der Waals surface area (Å²) < 4.78 is 30.9. The Morgan fingerprint density at radius 1 is 1.40 bits per heavy atom. The minimum Gasteiger partial charge on any atom is -0.372 e. The first-order valence-electron chi connectivity index (χ1n) is 4.34. The summed E-state index contributed by atoms with van der Waals surface area (Å²) in [5.74, 6) is -2.22. The molecule has 0 saturated heterocycles. The zero-order valence-corrected chi connectivity index (χ0v) is 8.38. The predicted octanol–water partition coefficient (Wildman–Crippen LogP) is 1.94. The molecular weight excluding hydrogens is 204 g/mol. The maximum atomic E-state index is 13.1. The van der Waals surface area contributed by atoms with E-state index in [0.717, 1.165) is 12.1 Å². The summed E-state index contributed by atoms with van der Waals surface area (Å²) in [4.78, 5) is 11.3. The van der Waals surface area contributed by atoms with Gasteiger partial charge in [0.2, 0.25) is 0 Å². The van der Waals surface area contributed by atoms with Crippen LogP contribution in [0.1, 0.15) is 6.92 Å². The molecule has 1 amide bonds. The molecule has 0 heterocycles. The van der Waals surface area contributed by atoms with Crippen molar-refractivity contribution in [2.45, 2.75) is 13.0 Å². The number of carbonyl (C=O) groups is 1. The van der Waals surface area contributed by atoms with Gasteiger partial charge in [-0.3, -0.25) is 4.79 Å². The Labute approximate surface area is 86.0 Å². The Balaban J connectivity index is 2.85. The van der Waals surface area contributed by atoms with E-state index in [9.17, 15) is 13.6 Å². The third kappa shape index (κ3) is 2.73. The fourth-order valence-corrected chi connectivity index (χ4v) is 0.949. The molecule has 1 unspecified atom stereocenters. The maximum absolute atomic E-state index is 13.1. The third-order valence-corrected chi connectivity index (χ3v) is 1.93. The van der Waals surface area contributed by atoms with E-state index in [1.807, 2.05) is 0 Å². The highest BCUT2D eigenvalue weighted by Gasteiger charge is 2.16. The minimum atomic E-state index is -0.813. The van der Waals surface area contributed by atoms with Crippen molar-refractivity contribution < 1.29 is 18.3 Å². The molecule has 15 heavy (non-hydrogen) atoms. The number of rotatable bonds is 3. The van der Waals surface area contributed by atoms with E-state index in [1.54, 1.807) is 0 Å². The number of methoxy groups -OCH3 is 1. The molecule has 1 aromatic rings. The minimum absolute atomic E-state index is 0.452. The molecule has 82 valence electrons. The maximum Gasteiger partial charge on any atom is 0.253 e. The highest BCUT2D eigenvalue weighted by Crippen LogP contribution is 2.18. The summed E-state index contributed by atoms with van der Waals surface area (Å²) in [5, 5.41) is 2.12. The van der Waals surface area contributed by atoms with Crippen LogP contribution in [-0.2, 0) is 9.53 Å². The van der Waals surface area contributed by atoms with Gasteiger partial charge in [-0.25, -0.2) is 8.78 Å². The Hall–Kier alpha value is -1.49. The summed E-state index contributed by atoms with van der Waals surface area (Å²) in [7, 11) is 1.34. The van der Waals surface area contributed by atoms with Gasteiger partial charge in [-0.2, -0.15) is 0 Å². The van der Waals surface area contributed by atoms with Crippen molar-refractivity contribution in [3.8, 4) is 0 Å². The van der Waals surface area contributed by atoms with E-state index in [-0.39, 0.29) is 0 Å².